The molecule has 98 valence electrons. The van der Waals surface area contributed by atoms with Crippen LogP contribution in [-0.2, 0) is 11.3 Å². The quantitative estimate of drug-likeness (QED) is 0.853. The number of hydrogen-bond acceptors (Lipinski definition) is 4. The van der Waals surface area contributed by atoms with Crippen LogP contribution in [0, 0.1) is 0 Å². The van der Waals surface area contributed by atoms with Gasteiger partial charge in [0.2, 0.25) is 0 Å². The molecule has 5 nitrogen and oxygen atoms in total. The Bertz CT molecular complexity index is 558. The number of carbonyl (C=O) groups excluding carboxylic acids is 2. The third-order valence-electron chi connectivity index (χ3n) is 2.60. The smallest absolute Gasteiger partial charge is 0.337 e. The van der Waals surface area contributed by atoms with Gasteiger partial charge in [0.05, 0.1) is 25.2 Å². The van der Waals surface area contributed by atoms with Crippen LogP contribution in [0.1, 0.15) is 26.3 Å². The van der Waals surface area contributed by atoms with Gasteiger partial charge in [-0.15, -0.1) is 0 Å². The Hall–Kier alpha value is -2.56. The first-order chi connectivity index (χ1) is 9.20. The fourth-order valence-electron chi connectivity index (χ4n) is 1.55. The molecule has 1 amide bonds. The summed E-state index contributed by atoms with van der Waals surface area (Å²) in [4.78, 5) is 23.1. The maximum Gasteiger partial charge on any atom is 0.337 e. The standard InChI is InChI=1S/C14H13NO4/c1-18-14(17)12-4-2-11(3-5-12)13(16)15-8-10-6-7-19-9-10/h2-7,9H,8H2,1H3,(H,15,16). The topological polar surface area (TPSA) is 68.5 Å². The number of nitrogens with one attached hydrogen (secondary N) is 1. The molecule has 1 heterocycles. The van der Waals surface area contributed by atoms with E-state index in [1.165, 1.54) is 7.11 Å². The van der Waals surface area contributed by atoms with E-state index < -0.39 is 5.97 Å². The fraction of sp³-hybridized carbons (Fsp3) is 0.143. The van der Waals surface area contributed by atoms with Crippen LogP contribution < -0.4 is 5.32 Å². The van der Waals surface area contributed by atoms with Gasteiger partial charge in [-0.1, -0.05) is 0 Å². The summed E-state index contributed by atoms with van der Waals surface area (Å²) in [5.74, 6) is -0.636. The lowest BCUT2D eigenvalue weighted by atomic mass is 10.1. The molecule has 0 aliphatic carbocycles. The van der Waals surface area contributed by atoms with E-state index in [0.29, 0.717) is 17.7 Å². The molecule has 1 aromatic carbocycles. The zero-order valence-electron chi connectivity index (χ0n) is 10.4. The Kier molecular flexibility index (Phi) is 3.97. The summed E-state index contributed by atoms with van der Waals surface area (Å²) in [7, 11) is 1.31. The van der Waals surface area contributed by atoms with Gasteiger partial charge in [-0.05, 0) is 30.3 Å². The summed E-state index contributed by atoms with van der Waals surface area (Å²) in [5, 5.41) is 2.75. The third kappa shape index (κ3) is 3.22. The van der Waals surface area contributed by atoms with Crippen molar-refractivity contribution in [2.24, 2.45) is 0 Å². The van der Waals surface area contributed by atoms with Crippen molar-refractivity contribution in [3.05, 3.63) is 59.5 Å². The number of carbonyl (C=O) groups is 2. The van der Waals surface area contributed by atoms with Gasteiger partial charge in [0.15, 0.2) is 0 Å². The van der Waals surface area contributed by atoms with Gasteiger partial charge in [-0.3, -0.25) is 4.79 Å². The van der Waals surface area contributed by atoms with Crippen molar-refractivity contribution >= 4 is 11.9 Å². The molecule has 19 heavy (non-hydrogen) atoms. The molecule has 0 unspecified atom stereocenters. The fourth-order valence-corrected chi connectivity index (χ4v) is 1.55. The number of esters is 1. The second-order valence-electron chi connectivity index (χ2n) is 3.88. The molecule has 0 atom stereocenters. The van der Waals surface area contributed by atoms with Crippen LogP contribution in [-0.4, -0.2) is 19.0 Å². The van der Waals surface area contributed by atoms with Crippen LogP contribution in [0.5, 0.6) is 0 Å². The summed E-state index contributed by atoms with van der Waals surface area (Å²) in [6.45, 7) is 0.397. The van der Waals surface area contributed by atoms with E-state index in [1.807, 2.05) is 0 Å². The van der Waals surface area contributed by atoms with Crippen LogP contribution in [0.15, 0.2) is 47.3 Å². The van der Waals surface area contributed by atoms with Gasteiger partial charge < -0.3 is 14.5 Å². The SMILES string of the molecule is COC(=O)c1ccc(C(=O)NCc2ccoc2)cc1. The molecule has 2 aromatic rings. The van der Waals surface area contributed by atoms with Crippen molar-refractivity contribution in [1.29, 1.82) is 0 Å². The van der Waals surface area contributed by atoms with E-state index in [-0.39, 0.29) is 5.91 Å². The second kappa shape index (κ2) is 5.86. The van der Waals surface area contributed by atoms with Crippen molar-refractivity contribution < 1.29 is 18.7 Å². The third-order valence-corrected chi connectivity index (χ3v) is 2.60. The minimum Gasteiger partial charge on any atom is -0.472 e. The van der Waals surface area contributed by atoms with Crippen LogP contribution in [0.3, 0.4) is 0 Å². The molecule has 1 N–H and O–H groups in total. The summed E-state index contributed by atoms with van der Waals surface area (Å²) in [5.41, 5.74) is 1.78. The van der Waals surface area contributed by atoms with Gasteiger partial charge in [0, 0.05) is 17.7 Å². The first-order valence-corrected chi connectivity index (χ1v) is 5.68. The lowest BCUT2D eigenvalue weighted by molar-refractivity contribution is 0.0600. The molecule has 2 rings (SSSR count). The Morgan fingerprint density at radius 2 is 1.84 bits per heavy atom. The highest BCUT2D eigenvalue weighted by atomic mass is 16.5. The maximum atomic E-state index is 11.8. The van der Waals surface area contributed by atoms with E-state index >= 15 is 0 Å². The van der Waals surface area contributed by atoms with Gasteiger partial charge in [0.25, 0.3) is 5.91 Å². The maximum absolute atomic E-state index is 11.8. The number of methoxy groups -OCH3 is 1. The van der Waals surface area contributed by atoms with E-state index in [4.69, 9.17) is 4.42 Å². The predicted molar refractivity (Wildman–Crippen MR) is 67.7 cm³/mol. The van der Waals surface area contributed by atoms with Gasteiger partial charge >= 0.3 is 5.97 Å². The largest absolute Gasteiger partial charge is 0.472 e. The second-order valence-corrected chi connectivity index (χ2v) is 3.88. The Morgan fingerprint density at radius 1 is 1.16 bits per heavy atom. The van der Waals surface area contributed by atoms with Crippen molar-refractivity contribution in [2.75, 3.05) is 7.11 Å². The molecule has 0 radical (unpaired) electrons. The van der Waals surface area contributed by atoms with Crippen LogP contribution >= 0.6 is 0 Å². The molecule has 0 saturated heterocycles. The molecule has 5 heteroatoms. The molecular formula is C14H13NO4. The molecular weight excluding hydrogens is 246 g/mol. The summed E-state index contributed by atoms with van der Waals surface area (Å²) in [6.07, 6.45) is 3.12. The Morgan fingerprint density at radius 3 is 2.42 bits per heavy atom. The van der Waals surface area contributed by atoms with E-state index in [1.54, 1.807) is 42.9 Å². The highest BCUT2D eigenvalue weighted by molar-refractivity contribution is 5.96. The van der Waals surface area contributed by atoms with Gasteiger partial charge in [-0.25, -0.2) is 4.79 Å². The number of hydrogen-bond donors (Lipinski definition) is 1. The van der Waals surface area contributed by atoms with E-state index in [9.17, 15) is 9.59 Å². The molecule has 0 fully saturated rings. The first-order valence-electron chi connectivity index (χ1n) is 5.68. The summed E-state index contributed by atoms with van der Waals surface area (Å²) >= 11 is 0. The normalized spacial score (nSPS) is 9.95. The molecule has 0 saturated carbocycles. The van der Waals surface area contributed by atoms with Gasteiger partial charge in [0.1, 0.15) is 0 Å². The average molecular weight is 259 g/mol. The number of rotatable bonds is 4. The van der Waals surface area contributed by atoms with Crippen LogP contribution in [0.2, 0.25) is 0 Å². The van der Waals surface area contributed by atoms with Crippen molar-refractivity contribution in [3.8, 4) is 0 Å². The van der Waals surface area contributed by atoms with Crippen molar-refractivity contribution in [3.63, 3.8) is 0 Å². The first kappa shape index (κ1) is 12.9. The number of furan rings is 1. The molecule has 0 bridgehead atoms. The van der Waals surface area contributed by atoms with E-state index in [2.05, 4.69) is 10.1 Å². The van der Waals surface area contributed by atoms with Crippen molar-refractivity contribution in [1.82, 2.24) is 5.32 Å². The monoisotopic (exact) mass is 259 g/mol. The lowest BCUT2D eigenvalue weighted by Crippen LogP contribution is -2.22. The average Bonchev–Trinajstić information content (AvgIpc) is 2.97. The highest BCUT2D eigenvalue weighted by Crippen LogP contribution is 2.06. The zero-order valence-corrected chi connectivity index (χ0v) is 10.4. The predicted octanol–water partition coefficient (Wildman–Crippen LogP) is 2.00. The Balaban J connectivity index is 1.97. The van der Waals surface area contributed by atoms with Crippen molar-refractivity contribution in [2.45, 2.75) is 6.54 Å². The van der Waals surface area contributed by atoms with Gasteiger partial charge in [-0.2, -0.15) is 0 Å². The number of amides is 1. The van der Waals surface area contributed by atoms with Crippen LogP contribution in [0.4, 0.5) is 0 Å². The molecule has 1 aromatic heterocycles. The minimum atomic E-state index is -0.426. The minimum absolute atomic E-state index is 0.211. The lowest BCUT2D eigenvalue weighted by Gasteiger charge is -2.04. The van der Waals surface area contributed by atoms with Crippen LogP contribution in [0.25, 0.3) is 0 Å². The van der Waals surface area contributed by atoms with E-state index in [0.717, 1.165) is 5.56 Å². The zero-order chi connectivity index (χ0) is 13.7. The molecule has 0 spiro atoms. The summed E-state index contributed by atoms with van der Waals surface area (Å²) in [6, 6.07) is 8.05. The number of benzene rings is 1. The molecule has 0 aliphatic heterocycles. The highest BCUT2D eigenvalue weighted by Gasteiger charge is 2.08. The molecule has 0 aliphatic rings. The number of ether oxygens (including phenoxy) is 1. The summed E-state index contributed by atoms with van der Waals surface area (Å²) < 4.78 is 9.49. The Labute approximate surface area is 110 Å².